The molecule has 0 aliphatic heterocycles. The predicted octanol–water partition coefficient (Wildman–Crippen LogP) is 2.52. The van der Waals surface area contributed by atoms with Crippen LogP contribution < -0.4 is 11.3 Å². The van der Waals surface area contributed by atoms with Gasteiger partial charge in [-0.1, -0.05) is 18.2 Å². The Morgan fingerprint density at radius 3 is 2.75 bits per heavy atom. The monoisotopic (exact) mass is 288 g/mol. The standard InChI is InChI=1S/C14H12N2O3S/c1-2-16-8-6-4-3-5-7(8)11-9(13(16)17)10(15)12(20-11)14(18)19/h3-6H,2,15H2,1H3,(H,18,19). The van der Waals surface area contributed by atoms with Gasteiger partial charge in [-0.15, -0.1) is 11.3 Å². The van der Waals surface area contributed by atoms with Crippen LogP contribution in [0.25, 0.3) is 21.0 Å². The smallest absolute Gasteiger partial charge is 0.348 e. The van der Waals surface area contributed by atoms with Crippen molar-refractivity contribution in [2.45, 2.75) is 13.5 Å². The molecule has 0 aliphatic carbocycles. The molecule has 0 atom stereocenters. The first-order chi connectivity index (χ1) is 9.56. The fourth-order valence-corrected chi connectivity index (χ4v) is 3.55. The molecule has 20 heavy (non-hydrogen) atoms. The van der Waals surface area contributed by atoms with Crippen LogP contribution in [0.4, 0.5) is 5.69 Å². The van der Waals surface area contributed by atoms with Gasteiger partial charge in [0.25, 0.3) is 5.56 Å². The van der Waals surface area contributed by atoms with Gasteiger partial charge in [-0.25, -0.2) is 4.79 Å². The average Bonchev–Trinajstić information content (AvgIpc) is 2.78. The van der Waals surface area contributed by atoms with Crippen molar-refractivity contribution in [2.75, 3.05) is 5.73 Å². The number of anilines is 1. The average molecular weight is 288 g/mol. The van der Waals surface area contributed by atoms with Crippen LogP contribution >= 0.6 is 11.3 Å². The van der Waals surface area contributed by atoms with E-state index < -0.39 is 5.97 Å². The van der Waals surface area contributed by atoms with Gasteiger partial charge in [0.05, 0.1) is 21.3 Å². The molecule has 102 valence electrons. The van der Waals surface area contributed by atoms with Gasteiger partial charge in [0.2, 0.25) is 0 Å². The Kier molecular flexibility index (Phi) is 2.76. The fraction of sp³-hybridized carbons (Fsp3) is 0.143. The number of hydrogen-bond acceptors (Lipinski definition) is 4. The lowest BCUT2D eigenvalue weighted by Gasteiger charge is -2.08. The van der Waals surface area contributed by atoms with Gasteiger partial charge >= 0.3 is 5.97 Å². The minimum atomic E-state index is -1.10. The second-order valence-electron chi connectivity index (χ2n) is 4.42. The first kappa shape index (κ1) is 12.7. The number of benzene rings is 1. The number of rotatable bonds is 2. The number of thiophene rings is 1. The summed E-state index contributed by atoms with van der Waals surface area (Å²) in [6, 6.07) is 7.46. The van der Waals surface area contributed by atoms with Crippen LogP contribution in [0, 0.1) is 0 Å². The molecular formula is C14H12N2O3S. The molecule has 0 radical (unpaired) electrons. The maximum absolute atomic E-state index is 12.5. The van der Waals surface area contributed by atoms with Crippen LogP contribution in [-0.4, -0.2) is 15.6 Å². The van der Waals surface area contributed by atoms with Crippen LogP contribution in [0.1, 0.15) is 16.6 Å². The van der Waals surface area contributed by atoms with E-state index in [1.54, 1.807) is 4.57 Å². The molecule has 0 amide bonds. The molecule has 0 aliphatic rings. The number of carbonyl (C=O) groups is 1. The van der Waals surface area contributed by atoms with Crippen LogP contribution in [0.3, 0.4) is 0 Å². The van der Waals surface area contributed by atoms with E-state index in [2.05, 4.69) is 0 Å². The quantitative estimate of drug-likeness (QED) is 0.758. The molecule has 6 heteroatoms. The summed E-state index contributed by atoms with van der Waals surface area (Å²) in [5.74, 6) is -1.10. The summed E-state index contributed by atoms with van der Waals surface area (Å²) in [4.78, 5) is 23.8. The third kappa shape index (κ3) is 1.55. The molecule has 2 aromatic heterocycles. The van der Waals surface area contributed by atoms with E-state index in [4.69, 9.17) is 5.73 Å². The SMILES string of the molecule is CCn1c(=O)c2c(N)c(C(=O)O)sc2c2ccccc21. The molecular weight excluding hydrogens is 276 g/mol. The van der Waals surface area contributed by atoms with Gasteiger partial charge in [-0.3, -0.25) is 4.79 Å². The molecule has 3 aromatic rings. The molecule has 0 bridgehead atoms. The summed E-state index contributed by atoms with van der Waals surface area (Å²) < 4.78 is 2.26. The molecule has 1 aromatic carbocycles. The number of carboxylic acids is 1. The van der Waals surface area contributed by atoms with Crippen molar-refractivity contribution in [3.8, 4) is 0 Å². The second-order valence-corrected chi connectivity index (χ2v) is 5.44. The lowest BCUT2D eigenvalue weighted by atomic mass is 10.1. The van der Waals surface area contributed by atoms with E-state index in [0.29, 0.717) is 16.6 Å². The van der Waals surface area contributed by atoms with Crippen molar-refractivity contribution >= 4 is 44.0 Å². The topological polar surface area (TPSA) is 85.3 Å². The molecule has 0 saturated heterocycles. The van der Waals surface area contributed by atoms with Crippen molar-refractivity contribution in [1.82, 2.24) is 4.57 Å². The van der Waals surface area contributed by atoms with Crippen LogP contribution in [0.5, 0.6) is 0 Å². The number of para-hydroxylation sites is 1. The van der Waals surface area contributed by atoms with Gasteiger partial charge in [-0.2, -0.15) is 0 Å². The Bertz CT molecular complexity index is 908. The molecule has 5 nitrogen and oxygen atoms in total. The zero-order valence-electron chi connectivity index (χ0n) is 10.7. The van der Waals surface area contributed by atoms with E-state index in [1.807, 2.05) is 31.2 Å². The number of aryl methyl sites for hydroxylation is 1. The summed E-state index contributed by atoms with van der Waals surface area (Å²) in [6.07, 6.45) is 0. The molecule has 0 saturated carbocycles. The maximum atomic E-state index is 12.5. The molecule has 2 heterocycles. The van der Waals surface area contributed by atoms with E-state index in [9.17, 15) is 14.7 Å². The lowest BCUT2D eigenvalue weighted by Crippen LogP contribution is -2.20. The summed E-state index contributed by atoms with van der Waals surface area (Å²) in [7, 11) is 0. The van der Waals surface area contributed by atoms with Crippen molar-refractivity contribution in [3.05, 3.63) is 39.5 Å². The predicted molar refractivity (Wildman–Crippen MR) is 80.6 cm³/mol. The first-order valence-electron chi connectivity index (χ1n) is 6.13. The minimum Gasteiger partial charge on any atom is -0.477 e. The summed E-state index contributed by atoms with van der Waals surface area (Å²) >= 11 is 1.06. The van der Waals surface area contributed by atoms with Crippen LogP contribution in [0.2, 0.25) is 0 Å². The number of aromatic carboxylic acids is 1. The van der Waals surface area contributed by atoms with Gasteiger partial charge in [0.1, 0.15) is 4.88 Å². The van der Waals surface area contributed by atoms with Crippen LogP contribution in [0.15, 0.2) is 29.1 Å². The zero-order valence-corrected chi connectivity index (χ0v) is 11.5. The highest BCUT2D eigenvalue weighted by Gasteiger charge is 2.21. The van der Waals surface area contributed by atoms with Gasteiger partial charge in [0.15, 0.2) is 0 Å². The highest BCUT2D eigenvalue weighted by molar-refractivity contribution is 7.22. The number of fused-ring (bicyclic) bond motifs is 3. The van der Waals surface area contributed by atoms with E-state index in [1.165, 1.54) is 0 Å². The summed E-state index contributed by atoms with van der Waals surface area (Å²) in [5.41, 5.74) is 6.50. The van der Waals surface area contributed by atoms with E-state index in [-0.39, 0.29) is 16.1 Å². The Hall–Kier alpha value is -2.34. The first-order valence-corrected chi connectivity index (χ1v) is 6.94. The van der Waals surface area contributed by atoms with Crippen LogP contribution in [-0.2, 0) is 6.54 Å². The molecule has 3 rings (SSSR count). The zero-order chi connectivity index (χ0) is 14.4. The highest BCUT2D eigenvalue weighted by Crippen LogP contribution is 2.36. The van der Waals surface area contributed by atoms with Crippen molar-refractivity contribution in [3.63, 3.8) is 0 Å². The summed E-state index contributed by atoms with van der Waals surface area (Å²) in [5, 5.41) is 10.3. The van der Waals surface area contributed by atoms with Crippen molar-refractivity contribution in [1.29, 1.82) is 0 Å². The fourth-order valence-electron chi connectivity index (χ4n) is 2.46. The normalized spacial score (nSPS) is 11.2. The number of hydrogen-bond donors (Lipinski definition) is 2. The third-order valence-corrected chi connectivity index (χ3v) is 4.58. The van der Waals surface area contributed by atoms with Crippen molar-refractivity contribution < 1.29 is 9.90 Å². The van der Waals surface area contributed by atoms with E-state index in [0.717, 1.165) is 22.2 Å². The maximum Gasteiger partial charge on any atom is 0.348 e. The van der Waals surface area contributed by atoms with Crippen molar-refractivity contribution in [2.24, 2.45) is 0 Å². The van der Waals surface area contributed by atoms with Gasteiger partial charge < -0.3 is 15.4 Å². The highest BCUT2D eigenvalue weighted by atomic mass is 32.1. The van der Waals surface area contributed by atoms with E-state index >= 15 is 0 Å². The molecule has 3 N–H and O–H groups in total. The Morgan fingerprint density at radius 2 is 2.10 bits per heavy atom. The largest absolute Gasteiger partial charge is 0.477 e. The lowest BCUT2D eigenvalue weighted by molar-refractivity contribution is 0.0703. The van der Waals surface area contributed by atoms with Gasteiger partial charge in [0, 0.05) is 11.9 Å². The summed E-state index contributed by atoms with van der Waals surface area (Å²) in [6.45, 7) is 2.38. The Labute approximate surface area is 117 Å². The Morgan fingerprint density at radius 1 is 1.40 bits per heavy atom. The second kappa shape index (κ2) is 4.35. The molecule has 0 fully saturated rings. The third-order valence-electron chi connectivity index (χ3n) is 3.35. The number of pyridine rings is 1. The number of nitrogen functional groups attached to an aromatic ring is 1. The minimum absolute atomic E-state index is 0.0242. The number of nitrogens with two attached hydrogens (primary N) is 1. The number of carboxylic acid groups (broad SMARTS) is 1. The molecule has 0 unspecified atom stereocenters. The molecule has 0 spiro atoms. The Balaban J connectivity index is 2.65. The number of aromatic nitrogens is 1. The van der Waals surface area contributed by atoms with Gasteiger partial charge in [-0.05, 0) is 13.0 Å². The number of nitrogens with zero attached hydrogens (tertiary/aromatic N) is 1.